The molecule has 12 nitrogen and oxygen atoms in total. The van der Waals surface area contributed by atoms with Gasteiger partial charge in [-0.3, -0.25) is 9.59 Å². The number of β-lactam (4-membered cyclic amide) rings is 1. The second-order valence-electron chi connectivity index (χ2n) is 4.89. The Kier molecular flexibility index (Phi) is 7.88. The number of methoxy groups -OCH3 is 1. The number of hydrogen-bond acceptors (Lipinski definition) is 11. The molecule has 2 rings (SSSR count). The van der Waals surface area contributed by atoms with Crippen LogP contribution in [0, 0.1) is 6.92 Å². The van der Waals surface area contributed by atoms with Crippen LogP contribution in [0.3, 0.4) is 0 Å². The minimum atomic E-state index is -5.25. The normalized spacial score (nSPS) is 19.6. The Morgan fingerprint density at radius 3 is 2.48 bits per heavy atom. The van der Waals surface area contributed by atoms with Crippen LogP contribution in [0.4, 0.5) is 0 Å². The number of aryl methyl sites for hydroxylation is 1. The van der Waals surface area contributed by atoms with E-state index in [1.54, 1.807) is 6.92 Å². The Morgan fingerprint density at radius 2 is 2.04 bits per heavy atom. The van der Waals surface area contributed by atoms with E-state index in [1.807, 2.05) is 0 Å². The Morgan fingerprint density at radius 1 is 1.41 bits per heavy atom. The number of carbonyl (C=O) groups excluding carboxylic acids is 3. The van der Waals surface area contributed by atoms with Crippen LogP contribution in [0.2, 0.25) is 0 Å². The third-order valence-corrected chi connectivity index (χ3v) is 4.94. The molecule has 1 aliphatic heterocycles. The number of thiazole rings is 1. The van der Waals surface area contributed by atoms with Crippen LogP contribution in [-0.2, 0) is 34.3 Å². The summed E-state index contributed by atoms with van der Waals surface area (Å²) < 4.78 is 37.6. The third-order valence-electron chi connectivity index (χ3n) is 3.28. The molecule has 0 aliphatic carbocycles. The smallest absolute Gasteiger partial charge is 0.731 e. The number of nitrogens with zero attached hydrogens (tertiary/aromatic N) is 3. The first-order chi connectivity index (χ1) is 12.1. The number of amides is 2. The first kappa shape index (κ1) is 23.5. The topological polar surface area (TPSA) is 167 Å². The molecule has 0 aromatic carbocycles. The molecule has 1 aromatic rings. The van der Waals surface area contributed by atoms with E-state index in [4.69, 9.17) is 0 Å². The average Bonchev–Trinajstić information content (AvgIpc) is 2.98. The van der Waals surface area contributed by atoms with Crippen molar-refractivity contribution in [1.29, 1.82) is 0 Å². The second-order valence-corrected chi connectivity index (χ2v) is 7.20. The second kappa shape index (κ2) is 9.07. The van der Waals surface area contributed by atoms with E-state index < -0.39 is 40.2 Å². The van der Waals surface area contributed by atoms with Crippen molar-refractivity contribution < 1.29 is 66.5 Å². The van der Waals surface area contributed by atoms with Crippen molar-refractivity contribution in [1.82, 2.24) is 14.6 Å². The molecule has 0 saturated carbocycles. The van der Waals surface area contributed by atoms with Crippen LogP contribution in [0.25, 0.3) is 0 Å². The SMILES string of the molecule is CON=C(C(=O)NC1C(=O)N(S(=O)(=O)[O-])C1C(=O)OC)c1csc(C)n1.[Na+]. The zero-order chi connectivity index (χ0) is 19.6. The van der Waals surface area contributed by atoms with Crippen LogP contribution in [-0.4, -0.2) is 72.1 Å². The first-order valence-corrected chi connectivity index (χ1v) is 9.07. The Balaban J connectivity index is 0.00000364. The number of oxime groups is 1. The molecule has 27 heavy (non-hydrogen) atoms. The van der Waals surface area contributed by atoms with Crippen LogP contribution in [0.5, 0.6) is 0 Å². The van der Waals surface area contributed by atoms with Gasteiger partial charge in [-0.25, -0.2) is 22.5 Å². The van der Waals surface area contributed by atoms with Crippen molar-refractivity contribution in [3.63, 3.8) is 0 Å². The third kappa shape index (κ3) is 4.83. The molecular weight excluding hydrogens is 415 g/mol. The standard InChI is InChI=1S/C12H14N4O8S2.Na/c1-5-13-6(4-25-5)7(15-24-3)10(17)14-8-9(12(19)23-2)16(11(8)18)26(20,21)22;/h4,8-9H,1-3H3,(H,14,17)(H,20,21,22);/q;+1/p-1. The summed E-state index contributed by atoms with van der Waals surface area (Å²) in [5.74, 6) is -3.40. The van der Waals surface area contributed by atoms with E-state index >= 15 is 0 Å². The Hall–Kier alpha value is -1.58. The molecule has 1 saturated heterocycles. The van der Waals surface area contributed by atoms with Crippen molar-refractivity contribution in [3.8, 4) is 0 Å². The van der Waals surface area contributed by atoms with Crippen LogP contribution >= 0.6 is 11.3 Å². The summed E-state index contributed by atoms with van der Waals surface area (Å²) in [7, 11) is -3.13. The summed E-state index contributed by atoms with van der Waals surface area (Å²) in [5, 5.41) is 7.82. The summed E-state index contributed by atoms with van der Waals surface area (Å²) in [6.07, 6.45) is 0. The maximum Gasteiger partial charge on any atom is 1.00 e. The predicted molar refractivity (Wildman–Crippen MR) is 84.7 cm³/mol. The van der Waals surface area contributed by atoms with Gasteiger partial charge in [-0.15, -0.1) is 11.3 Å². The molecule has 1 fully saturated rings. The van der Waals surface area contributed by atoms with Gasteiger partial charge in [0.05, 0.1) is 12.1 Å². The monoisotopic (exact) mass is 428 g/mol. The average molecular weight is 428 g/mol. The summed E-state index contributed by atoms with van der Waals surface area (Å²) in [6, 6.07) is -3.42. The predicted octanol–water partition coefficient (Wildman–Crippen LogP) is -4.87. The van der Waals surface area contributed by atoms with E-state index in [0.717, 1.165) is 7.11 Å². The van der Waals surface area contributed by atoms with Gasteiger partial charge in [-0.05, 0) is 6.92 Å². The number of aromatic nitrogens is 1. The molecule has 1 aromatic heterocycles. The Bertz CT molecular complexity index is 884. The van der Waals surface area contributed by atoms with E-state index in [-0.39, 0.29) is 45.3 Å². The van der Waals surface area contributed by atoms with Crippen molar-refractivity contribution >= 4 is 45.1 Å². The minimum absolute atomic E-state index is 0. The van der Waals surface area contributed by atoms with Gasteiger partial charge in [-0.1, -0.05) is 5.16 Å². The Labute approximate surface area is 180 Å². The number of esters is 1. The number of nitrogens with one attached hydrogen (secondary N) is 1. The molecule has 0 bridgehead atoms. The van der Waals surface area contributed by atoms with Crippen molar-refractivity contribution in [2.24, 2.45) is 5.16 Å². The number of hydrogen-bond donors (Lipinski definition) is 1. The minimum Gasteiger partial charge on any atom is -0.731 e. The maximum atomic E-state index is 12.4. The fourth-order valence-corrected chi connectivity index (χ4v) is 3.60. The molecule has 0 spiro atoms. The van der Waals surface area contributed by atoms with E-state index in [1.165, 1.54) is 23.8 Å². The fraction of sp³-hybridized carbons (Fsp3) is 0.417. The van der Waals surface area contributed by atoms with E-state index in [2.05, 4.69) is 25.0 Å². The molecule has 142 valence electrons. The zero-order valence-electron chi connectivity index (χ0n) is 14.7. The molecule has 1 aliphatic rings. The summed E-state index contributed by atoms with van der Waals surface area (Å²) in [5.41, 5.74) is -0.141. The van der Waals surface area contributed by atoms with Gasteiger partial charge >= 0.3 is 35.5 Å². The van der Waals surface area contributed by atoms with Gasteiger partial charge in [0.15, 0.2) is 22.1 Å². The maximum absolute atomic E-state index is 12.4. The molecule has 2 heterocycles. The zero-order valence-corrected chi connectivity index (χ0v) is 18.3. The fourth-order valence-electron chi connectivity index (χ4n) is 2.18. The molecule has 15 heteroatoms. The molecule has 2 amide bonds. The quantitative estimate of drug-likeness (QED) is 0.117. The van der Waals surface area contributed by atoms with Crippen LogP contribution in [0.15, 0.2) is 10.5 Å². The summed E-state index contributed by atoms with van der Waals surface area (Å²) in [6.45, 7) is 1.69. The van der Waals surface area contributed by atoms with Gasteiger partial charge in [0.25, 0.3) is 11.8 Å². The van der Waals surface area contributed by atoms with Crippen molar-refractivity contribution in [2.45, 2.75) is 19.0 Å². The van der Waals surface area contributed by atoms with Gasteiger partial charge in [0.2, 0.25) is 0 Å². The largest absolute Gasteiger partial charge is 1.00 e. The van der Waals surface area contributed by atoms with Gasteiger partial charge in [-0.2, -0.15) is 0 Å². The summed E-state index contributed by atoms with van der Waals surface area (Å²) in [4.78, 5) is 44.7. The van der Waals surface area contributed by atoms with Crippen LogP contribution in [0.1, 0.15) is 10.7 Å². The summed E-state index contributed by atoms with van der Waals surface area (Å²) >= 11 is 1.23. The number of ether oxygens (including phenoxy) is 1. The molecule has 1 N–H and O–H groups in total. The van der Waals surface area contributed by atoms with Crippen LogP contribution < -0.4 is 34.9 Å². The van der Waals surface area contributed by atoms with E-state index in [9.17, 15) is 27.4 Å². The van der Waals surface area contributed by atoms with Crippen molar-refractivity contribution in [2.75, 3.05) is 14.2 Å². The van der Waals surface area contributed by atoms with Crippen molar-refractivity contribution in [3.05, 3.63) is 16.1 Å². The van der Waals surface area contributed by atoms with E-state index in [0.29, 0.717) is 5.01 Å². The van der Waals surface area contributed by atoms with Gasteiger partial charge < -0.3 is 19.4 Å². The number of carbonyl (C=O) groups is 3. The molecule has 2 atom stereocenters. The molecule has 0 radical (unpaired) electrons. The van der Waals surface area contributed by atoms with Gasteiger partial charge in [0.1, 0.15) is 18.8 Å². The van der Waals surface area contributed by atoms with Gasteiger partial charge in [0, 0.05) is 5.38 Å². The molecule has 2 unspecified atom stereocenters. The first-order valence-electron chi connectivity index (χ1n) is 6.83. The number of rotatable bonds is 6. The molecular formula is C12H13N4NaO8S2.